The lowest BCUT2D eigenvalue weighted by atomic mass is 10.1. The number of hydrogen-bond donors (Lipinski definition) is 1. The average Bonchev–Trinajstić information content (AvgIpc) is 2.83. The van der Waals surface area contributed by atoms with E-state index in [1.165, 1.54) is 0 Å². The molecule has 0 radical (unpaired) electrons. The molecule has 2 aromatic carbocycles. The zero-order chi connectivity index (χ0) is 24.9. The van der Waals surface area contributed by atoms with Gasteiger partial charge in [-0.1, -0.05) is 50.2 Å². The van der Waals surface area contributed by atoms with E-state index in [1.807, 2.05) is 69.3 Å². The maximum atomic E-state index is 13.3. The van der Waals surface area contributed by atoms with Crippen molar-refractivity contribution < 1.29 is 19.1 Å². The zero-order valence-electron chi connectivity index (χ0n) is 21.3. The highest BCUT2D eigenvalue weighted by atomic mass is 16.5. The number of rotatable bonds is 14. The third-order valence-electron chi connectivity index (χ3n) is 5.57. The minimum Gasteiger partial charge on any atom is -0.490 e. The lowest BCUT2D eigenvalue weighted by Gasteiger charge is -2.29. The Morgan fingerprint density at radius 1 is 0.882 bits per heavy atom. The Hall–Kier alpha value is -3.02. The maximum absolute atomic E-state index is 13.3. The van der Waals surface area contributed by atoms with Crippen LogP contribution in [0.5, 0.6) is 11.5 Å². The Morgan fingerprint density at radius 2 is 1.56 bits per heavy atom. The monoisotopic (exact) mass is 468 g/mol. The molecule has 0 aliphatic carbocycles. The quantitative estimate of drug-likeness (QED) is 0.438. The predicted molar refractivity (Wildman–Crippen MR) is 136 cm³/mol. The highest BCUT2D eigenvalue weighted by Gasteiger charge is 2.25. The Morgan fingerprint density at radius 3 is 2.21 bits per heavy atom. The van der Waals surface area contributed by atoms with E-state index in [-0.39, 0.29) is 11.8 Å². The van der Waals surface area contributed by atoms with E-state index >= 15 is 0 Å². The van der Waals surface area contributed by atoms with Gasteiger partial charge in [0.25, 0.3) is 0 Å². The zero-order valence-corrected chi connectivity index (χ0v) is 21.3. The highest BCUT2D eigenvalue weighted by Crippen LogP contribution is 2.29. The van der Waals surface area contributed by atoms with Gasteiger partial charge in [-0.2, -0.15) is 0 Å². The van der Waals surface area contributed by atoms with Crippen molar-refractivity contribution in [3.05, 3.63) is 59.7 Å². The van der Waals surface area contributed by atoms with Crippen LogP contribution in [0.15, 0.2) is 48.5 Å². The van der Waals surface area contributed by atoms with Gasteiger partial charge in [0.2, 0.25) is 11.8 Å². The van der Waals surface area contributed by atoms with Crippen molar-refractivity contribution in [2.45, 2.75) is 59.9 Å². The van der Waals surface area contributed by atoms with Gasteiger partial charge in [-0.3, -0.25) is 9.59 Å². The van der Waals surface area contributed by atoms with Crippen LogP contribution in [-0.2, 0) is 22.4 Å². The topological polar surface area (TPSA) is 67.9 Å². The molecule has 186 valence electrons. The van der Waals surface area contributed by atoms with E-state index in [1.54, 1.807) is 4.90 Å². The lowest BCUT2D eigenvalue weighted by Crippen LogP contribution is -2.49. The molecule has 2 aromatic rings. The summed E-state index contributed by atoms with van der Waals surface area (Å²) in [4.78, 5) is 27.8. The van der Waals surface area contributed by atoms with Gasteiger partial charge in [-0.05, 0) is 62.8 Å². The van der Waals surface area contributed by atoms with E-state index in [9.17, 15) is 9.59 Å². The third-order valence-corrected chi connectivity index (χ3v) is 5.57. The number of nitrogens with one attached hydrogen (secondary N) is 1. The van der Waals surface area contributed by atoms with Gasteiger partial charge in [-0.25, -0.2) is 0 Å². The standard InChI is InChI=1S/C28H40N2O4/c1-6-33-25-15-13-24(19-26(25)34-7-2)14-16-27(31)30(18-17-23-11-9-8-10-12-23)22(5)28(32)29-20-21(3)4/h8-13,15,19,21-22H,6-7,14,16-18,20H2,1-5H3,(H,29,32)/t22-/m1/s1. The smallest absolute Gasteiger partial charge is 0.242 e. The van der Waals surface area contributed by atoms with Crippen molar-refractivity contribution in [1.82, 2.24) is 10.2 Å². The van der Waals surface area contributed by atoms with Crippen LogP contribution in [0.25, 0.3) is 0 Å². The largest absolute Gasteiger partial charge is 0.490 e. The first kappa shape index (κ1) is 27.2. The normalized spacial score (nSPS) is 11.7. The third kappa shape index (κ3) is 8.73. The highest BCUT2D eigenvalue weighted by molar-refractivity contribution is 5.87. The molecular formula is C28H40N2O4. The van der Waals surface area contributed by atoms with Crippen LogP contribution >= 0.6 is 0 Å². The molecule has 0 aliphatic heterocycles. The van der Waals surface area contributed by atoms with Gasteiger partial charge < -0.3 is 19.7 Å². The van der Waals surface area contributed by atoms with E-state index in [0.29, 0.717) is 63.0 Å². The molecule has 1 atom stereocenters. The molecule has 0 saturated heterocycles. The van der Waals surface area contributed by atoms with E-state index in [4.69, 9.17) is 9.47 Å². The van der Waals surface area contributed by atoms with Gasteiger partial charge in [0, 0.05) is 19.5 Å². The fourth-order valence-electron chi connectivity index (χ4n) is 3.67. The number of carbonyl (C=O) groups excluding carboxylic acids is 2. The minimum atomic E-state index is -0.533. The summed E-state index contributed by atoms with van der Waals surface area (Å²) >= 11 is 0. The number of nitrogens with zero attached hydrogens (tertiary/aromatic N) is 1. The SMILES string of the molecule is CCOc1ccc(CCC(=O)N(CCc2ccccc2)[C@H](C)C(=O)NCC(C)C)cc1OCC. The van der Waals surface area contributed by atoms with Gasteiger partial charge >= 0.3 is 0 Å². The molecule has 0 fully saturated rings. The van der Waals surface area contributed by atoms with Crippen LogP contribution < -0.4 is 14.8 Å². The molecule has 0 bridgehead atoms. The molecule has 1 N–H and O–H groups in total. The first-order valence-corrected chi connectivity index (χ1v) is 12.3. The Labute approximate surface area is 204 Å². The van der Waals surface area contributed by atoms with Crippen LogP contribution in [0, 0.1) is 5.92 Å². The molecule has 34 heavy (non-hydrogen) atoms. The fraction of sp³-hybridized carbons (Fsp3) is 0.500. The number of carbonyl (C=O) groups is 2. The Kier molecular flexibility index (Phi) is 11.4. The molecule has 6 nitrogen and oxygen atoms in total. The molecule has 0 unspecified atom stereocenters. The number of aryl methyl sites for hydroxylation is 1. The summed E-state index contributed by atoms with van der Waals surface area (Å²) in [6, 6.07) is 15.3. The fourth-order valence-corrected chi connectivity index (χ4v) is 3.67. The molecule has 0 aromatic heterocycles. The van der Waals surface area contributed by atoms with Crippen LogP contribution in [-0.4, -0.2) is 49.1 Å². The second-order valence-corrected chi connectivity index (χ2v) is 8.78. The second-order valence-electron chi connectivity index (χ2n) is 8.78. The number of hydrogen-bond acceptors (Lipinski definition) is 4. The summed E-state index contributed by atoms with van der Waals surface area (Å²) in [7, 11) is 0. The molecule has 0 saturated carbocycles. The number of ether oxygens (including phenoxy) is 2. The molecule has 0 aliphatic rings. The summed E-state index contributed by atoms with van der Waals surface area (Å²) in [5.41, 5.74) is 2.14. The summed E-state index contributed by atoms with van der Waals surface area (Å²) in [5, 5.41) is 2.97. The van der Waals surface area contributed by atoms with Crippen LogP contribution in [0.1, 0.15) is 52.2 Å². The first-order chi connectivity index (χ1) is 16.3. The van der Waals surface area contributed by atoms with Crippen molar-refractivity contribution in [3.8, 4) is 11.5 Å². The lowest BCUT2D eigenvalue weighted by molar-refractivity contribution is -0.139. The minimum absolute atomic E-state index is 0.0324. The summed E-state index contributed by atoms with van der Waals surface area (Å²) < 4.78 is 11.3. The van der Waals surface area contributed by atoms with E-state index < -0.39 is 6.04 Å². The van der Waals surface area contributed by atoms with Crippen molar-refractivity contribution in [1.29, 1.82) is 0 Å². The van der Waals surface area contributed by atoms with Crippen molar-refractivity contribution in [3.63, 3.8) is 0 Å². The van der Waals surface area contributed by atoms with E-state index in [0.717, 1.165) is 11.1 Å². The van der Waals surface area contributed by atoms with E-state index in [2.05, 4.69) is 19.2 Å². The van der Waals surface area contributed by atoms with Crippen LogP contribution in [0.2, 0.25) is 0 Å². The predicted octanol–water partition coefficient (Wildman–Crippen LogP) is 4.65. The van der Waals surface area contributed by atoms with Crippen molar-refractivity contribution in [2.75, 3.05) is 26.3 Å². The maximum Gasteiger partial charge on any atom is 0.242 e. The summed E-state index contributed by atoms with van der Waals surface area (Å²) in [5.74, 6) is 1.60. The van der Waals surface area contributed by atoms with Crippen LogP contribution in [0.4, 0.5) is 0 Å². The molecule has 0 spiro atoms. The Bertz CT molecular complexity index is 899. The average molecular weight is 469 g/mol. The van der Waals surface area contributed by atoms with Gasteiger partial charge in [0.15, 0.2) is 11.5 Å². The molecule has 2 amide bonds. The second kappa shape index (κ2) is 14.3. The first-order valence-electron chi connectivity index (χ1n) is 12.3. The van der Waals surface area contributed by atoms with Gasteiger partial charge in [0.1, 0.15) is 6.04 Å². The molecule has 0 heterocycles. The van der Waals surface area contributed by atoms with Crippen molar-refractivity contribution in [2.24, 2.45) is 5.92 Å². The summed E-state index contributed by atoms with van der Waals surface area (Å²) in [6.07, 6.45) is 1.58. The molecule has 2 rings (SSSR count). The molecular weight excluding hydrogens is 428 g/mol. The number of amides is 2. The number of benzene rings is 2. The van der Waals surface area contributed by atoms with Gasteiger partial charge in [0.05, 0.1) is 13.2 Å². The van der Waals surface area contributed by atoms with Gasteiger partial charge in [-0.15, -0.1) is 0 Å². The summed E-state index contributed by atoms with van der Waals surface area (Å²) in [6.45, 7) is 12.0. The Balaban J connectivity index is 2.10. The van der Waals surface area contributed by atoms with Crippen molar-refractivity contribution >= 4 is 11.8 Å². The molecule has 6 heteroatoms. The van der Waals surface area contributed by atoms with Crippen LogP contribution in [0.3, 0.4) is 0 Å².